The van der Waals surface area contributed by atoms with Crippen molar-refractivity contribution >= 4 is 23.0 Å². The number of esters is 1. The molecule has 27 heavy (non-hydrogen) atoms. The molecule has 1 heterocycles. The molecule has 0 bridgehead atoms. The minimum atomic E-state index is -0.482. The molecule has 0 N–H and O–H groups in total. The van der Waals surface area contributed by atoms with Gasteiger partial charge < -0.3 is 23.4 Å². The fourth-order valence-electron chi connectivity index (χ4n) is 2.66. The van der Waals surface area contributed by atoms with Crippen molar-refractivity contribution in [2.75, 3.05) is 21.3 Å². The van der Waals surface area contributed by atoms with Crippen LogP contribution in [-0.2, 0) is 16.1 Å². The first-order valence-electron chi connectivity index (χ1n) is 8.27. The molecule has 3 rings (SSSR count). The van der Waals surface area contributed by atoms with Gasteiger partial charge in [0.1, 0.15) is 18.0 Å². The molecule has 0 aliphatic carbocycles. The molecule has 0 atom stereocenters. The summed E-state index contributed by atoms with van der Waals surface area (Å²) in [5.74, 6) is 1.61. The Morgan fingerprint density at radius 2 is 1.70 bits per heavy atom. The number of methoxy groups -OCH3 is 3. The van der Waals surface area contributed by atoms with Crippen molar-refractivity contribution < 1.29 is 28.2 Å². The van der Waals surface area contributed by atoms with Crippen LogP contribution in [0.2, 0.25) is 0 Å². The van der Waals surface area contributed by atoms with Crippen molar-refractivity contribution in [3.05, 3.63) is 59.9 Å². The maximum absolute atomic E-state index is 12.0. The Hall–Kier alpha value is -3.41. The number of fused-ring (bicyclic) bond motifs is 1. The Balaban J connectivity index is 1.67. The van der Waals surface area contributed by atoms with Crippen molar-refractivity contribution in [3.63, 3.8) is 0 Å². The largest absolute Gasteiger partial charge is 0.493 e. The van der Waals surface area contributed by atoms with Crippen LogP contribution < -0.4 is 14.2 Å². The first kappa shape index (κ1) is 18.4. The van der Waals surface area contributed by atoms with E-state index in [0.29, 0.717) is 28.6 Å². The van der Waals surface area contributed by atoms with Gasteiger partial charge in [-0.15, -0.1) is 0 Å². The SMILES string of the molecule is COc1cc(/C=C/C(=O)OCc2cc3ccccc3o2)cc(OC)c1OC. The summed E-state index contributed by atoms with van der Waals surface area (Å²) in [6.07, 6.45) is 2.95. The van der Waals surface area contributed by atoms with Crippen LogP contribution in [0.5, 0.6) is 17.2 Å². The molecule has 0 radical (unpaired) electrons. The normalized spacial score (nSPS) is 10.9. The second-order valence-corrected chi connectivity index (χ2v) is 5.65. The van der Waals surface area contributed by atoms with E-state index < -0.39 is 5.97 Å². The van der Waals surface area contributed by atoms with Crippen molar-refractivity contribution in [3.8, 4) is 17.2 Å². The summed E-state index contributed by atoms with van der Waals surface area (Å²) in [6, 6.07) is 13.0. The number of hydrogen-bond donors (Lipinski definition) is 0. The van der Waals surface area contributed by atoms with Crippen molar-refractivity contribution in [1.29, 1.82) is 0 Å². The van der Waals surface area contributed by atoms with E-state index in [9.17, 15) is 4.79 Å². The van der Waals surface area contributed by atoms with E-state index in [1.807, 2.05) is 30.3 Å². The molecule has 0 aliphatic rings. The van der Waals surface area contributed by atoms with Gasteiger partial charge in [-0.3, -0.25) is 0 Å². The van der Waals surface area contributed by atoms with Gasteiger partial charge in [-0.2, -0.15) is 0 Å². The van der Waals surface area contributed by atoms with Crippen LogP contribution in [0.4, 0.5) is 0 Å². The number of para-hydroxylation sites is 1. The standard InChI is InChI=1S/C21H20O6/c1-23-18-10-14(11-19(24-2)21(18)25-3)8-9-20(22)26-13-16-12-15-6-4-5-7-17(15)27-16/h4-12H,13H2,1-3H3/b9-8+. The summed E-state index contributed by atoms with van der Waals surface area (Å²) in [6.45, 7) is 0.0626. The zero-order valence-corrected chi connectivity index (χ0v) is 15.4. The third-order valence-corrected chi connectivity index (χ3v) is 3.93. The van der Waals surface area contributed by atoms with Crippen LogP contribution in [0.25, 0.3) is 17.0 Å². The van der Waals surface area contributed by atoms with Crippen LogP contribution in [0.3, 0.4) is 0 Å². The predicted molar refractivity (Wildman–Crippen MR) is 101 cm³/mol. The molecule has 1 aromatic heterocycles. The van der Waals surface area contributed by atoms with Gasteiger partial charge in [-0.05, 0) is 35.9 Å². The Labute approximate surface area is 156 Å². The Bertz CT molecular complexity index is 912. The van der Waals surface area contributed by atoms with Gasteiger partial charge in [0.25, 0.3) is 0 Å². The predicted octanol–water partition coefficient (Wildman–Crippen LogP) is 4.22. The van der Waals surface area contributed by atoms with Crippen molar-refractivity contribution in [2.24, 2.45) is 0 Å². The summed E-state index contributed by atoms with van der Waals surface area (Å²) in [5, 5.41) is 0.969. The Morgan fingerprint density at radius 1 is 1.00 bits per heavy atom. The van der Waals surface area contributed by atoms with Crippen LogP contribution in [0.15, 0.2) is 53.0 Å². The van der Waals surface area contributed by atoms with E-state index in [1.165, 1.54) is 27.4 Å². The van der Waals surface area contributed by atoms with Gasteiger partial charge in [-0.1, -0.05) is 18.2 Å². The first-order chi connectivity index (χ1) is 13.1. The molecule has 140 valence electrons. The van der Waals surface area contributed by atoms with Crippen LogP contribution in [0, 0.1) is 0 Å². The highest BCUT2D eigenvalue weighted by Gasteiger charge is 2.12. The summed E-state index contributed by atoms with van der Waals surface area (Å²) in [5.41, 5.74) is 1.47. The Morgan fingerprint density at radius 3 is 2.33 bits per heavy atom. The van der Waals surface area contributed by atoms with Gasteiger partial charge in [0.05, 0.1) is 21.3 Å². The molecule has 0 saturated heterocycles. The molecular weight excluding hydrogens is 348 g/mol. The monoisotopic (exact) mass is 368 g/mol. The van der Waals surface area contributed by atoms with Crippen molar-refractivity contribution in [1.82, 2.24) is 0 Å². The number of ether oxygens (including phenoxy) is 4. The molecule has 3 aromatic rings. The third kappa shape index (κ3) is 4.23. The Kier molecular flexibility index (Phi) is 5.66. The molecule has 0 fully saturated rings. The summed E-state index contributed by atoms with van der Waals surface area (Å²) in [7, 11) is 4.60. The first-order valence-corrected chi connectivity index (χ1v) is 8.27. The quantitative estimate of drug-likeness (QED) is 0.460. The maximum atomic E-state index is 12.0. The fourth-order valence-corrected chi connectivity index (χ4v) is 2.66. The molecule has 0 spiro atoms. The van der Waals surface area contributed by atoms with Crippen LogP contribution in [-0.4, -0.2) is 27.3 Å². The molecule has 0 amide bonds. The highest BCUT2D eigenvalue weighted by molar-refractivity contribution is 5.87. The van der Waals surface area contributed by atoms with E-state index in [4.69, 9.17) is 23.4 Å². The summed E-state index contributed by atoms with van der Waals surface area (Å²) < 4.78 is 26.7. The summed E-state index contributed by atoms with van der Waals surface area (Å²) in [4.78, 5) is 12.0. The van der Waals surface area contributed by atoms with Gasteiger partial charge in [0.15, 0.2) is 11.5 Å². The zero-order chi connectivity index (χ0) is 19.2. The fraction of sp³-hybridized carbons (Fsp3) is 0.190. The second-order valence-electron chi connectivity index (χ2n) is 5.65. The number of carbonyl (C=O) groups excluding carboxylic acids is 1. The maximum Gasteiger partial charge on any atom is 0.331 e. The van der Waals surface area contributed by atoms with E-state index in [2.05, 4.69) is 0 Å². The van der Waals surface area contributed by atoms with E-state index in [0.717, 1.165) is 11.0 Å². The minimum Gasteiger partial charge on any atom is -0.493 e. The smallest absolute Gasteiger partial charge is 0.331 e. The van der Waals surface area contributed by atoms with Gasteiger partial charge in [0.2, 0.25) is 5.75 Å². The number of benzene rings is 2. The van der Waals surface area contributed by atoms with E-state index >= 15 is 0 Å². The second kappa shape index (κ2) is 8.31. The van der Waals surface area contributed by atoms with Crippen molar-refractivity contribution in [2.45, 2.75) is 6.61 Å². The van der Waals surface area contributed by atoms with Gasteiger partial charge >= 0.3 is 5.97 Å². The number of rotatable bonds is 7. The lowest BCUT2D eigenvalue weighted by molar-refractivity contribution is -0.139. The number of furan rings is 1. The lowest BCUT2D eigenvalue weighted by Crippen LogP contribution is -2.00. The molecular formula is C21H20O6. The average Bonchev–Trinajstić information content (AvgIpc) is 3.12. The van der Waals surface area contributed by atoms with Crippen LogP contribution in [0.1, 0.15) is 11.3 Å². The van der Waals surface area contributed by atoms with Gasteiger partial charge in [0, 0.05) is 11.5 Å². The van der Waals surface area contributed by atoms with E-state index in [1.54, 1.807) is 18.2 Å². The number of carbonyl (C=O) groups is 1. The molecule has 0 saturated carbocycles. The number of hydrogen-bond acceptors (Lipinski definition) is 6. The molecule has 0 unspecified atom stereocenters. The van der Waals surface area contributed by atoms with E-state index in [-0.39, 0.29) is 6.61 Å². The minimum absolute atomic E-state index is 0.0626. The average molecular weight is 368 g/mol. The molecule has 2 aromatic carbocycles. The lowest BCUT2D eigenvalue weighted by atomic mass is 10.1. The lowest BCUT2D eigenvalue weighted by Gasteiger charge is -2.12. The topological polar surface area (TPSA) is 67.1 Å². The highest BCUT2D eigenvalue weighted by Crippen LogP contribution is 2.38. The summed E-state index contributed by atoms with van der Waals surface area (Å²) >= 11 is 0. The van der Waals surface area contributed by atoms with Gasteiger partial charge in [-0.25, -0.2) is 4.79 Å². The molecule has 6 heteroatoms. The third-order valence-electron chi connectivity index (χ3n) is 3.93. The molecule has 0 aliphatic heterocycles. The highest BCUT2D eigenvalue weighted by atomic mass is 16.5. The zero-order valence-electron chi connectivity index (χ0n) is 15.4. The van der Waals surface area contributed by atoms with Crippen LogP contribution >= 0.6 is 0 Å². The molecule has 6 nitrogen and oxygen atoms in total.